The lowest BCUT2D eigenvalue weighted by Gasteiger charge is -2.30. The van der Waals surface area contributed by atoms with Crippen LogP contribution in [0.15, 0.2) is 22.6 Å². The minimum atomic E-state index is -1.10. The Morgan fingerprint density at radius 1 is 1.52 bits per heavy atom. The van der Waals surface area contributed by atoms with Crippen LogP contribution in [-0.2, 0) is 6.54 Å². The molecule has 2 aromatic rings. The Bertz CT molecular complexity index is 679. The number of likely N-dealkylation sites (tertiary alicyclic amines) is 1. The predicted molar refractivity (Wildman–Crippen MR) is 76.8 cm³/mol. The molecule has 0 amide bonds. The maximum Gasteiger partial charge on any atom is 0.372 e. The van der Waals surface area contributed by atoms with Gasteiger partial charge in [0.2, 0.25) is 5.76 Å². The number of fused-ring (bicyclic) bond motifs is 1. The summed E-state index contributed by atoms with van der Waals surface area (Å²) in [6.07, 6.45) is 2.30. The fourth-order valence-corrected chi connectivity index (χ4v) is 3.10. The first-order valence-electron chi connectivity index (χ1n) is 7.21. The molecule has 1 aromatic carbocycles. The Kier molecular flexibility index (Phi) is 3.68. The van der Waals surface area contributed by atoms with Crippen molar-refractivity contribution in [1.29, 1.82) is 0 Å². The number of aromatic carboxylic acids is 1. The lowest BCUT2D eigenvalue weighted by Crippen LogP contribution is -2.34. The highest BCUT2D eigenvalue weighted by Gasteiger charge is 2.24. The number of furan rings is 1. The third-order valence-electron chi connectivity index (χ3n) is 4.07. The number of nitrogens with zero attached hydrogens (tertiary/aromatic N) is 1. The fraction of sp³-hybridized carbons (Fsp3) is 0.438. The zero-order valence-corrected chi connectivity index (χ0v) is 11.9. The molecule has 112 valence electrons. The van der Waals surface area contributed by atoms with E-state index in [4.69, 9.17) is 4.42 Å². The van der Waals surface area contributed by atoms with Crippen LogP contribution in [-0.4, -0.2) is 29.1 Å². The Balaban J connectivity index is 2.00. The van der Waals surface area contributed by atoms with Crippen molar-refractivity contribution >= 4 is 16.9 Å². The van der Waals surface area contributed by atoms with Crippen molar-refractivity contribution in [2.75, 3.05) is 13.1 Å². The van der Waals surface area contributed by atoms with Crippen LogP contribution >= 0.6 is 0 Å². The van der Waals surface area contributed by atoms with Crippen LogP contribution in [0.5, 0.6) is 0 Å². The van der Waals surface area contributed by atoms with E-state index in [-0.39, 0.29) is 11.6 Å². The average Bonchev–Trinajstić information content (AvgIpc) is 2.77. The van der Waals surface area contributed by atoms with Crippen LogP contribution in [0.1, 0.15) is 35.9 Å². The van der Waals surface area contributed by atoms with Crippen molar-refractivity contribution in [2.45, 2.75) is 26.3 Å². The lowest BCUT2D eigenvalue weighted by atomic mass is 9.99. The molecule has 5 heteroatoms. The molecule has 21 heavy (non-hydrogen) atoms. The molecule has 2 heterocycles. The number of carboxylic acids is 1. The first-order chi connectivity index (χ1) is 10.0. The average molecular weight is 291 g/mol. The van der Waals surface area contributed by atoms with Gasteiger partial charge in [0.1, 0.15) is 11.4 Å². The third-order valence-corrected chi connectivity index (χ3v) is 4.07. The number of hydrogen-bond acceptors (Lipinski definition) is 3. The second kappa shape index (κ2) is 5.48. The molecule has 0 saturated carbocycles. The first kappa shape index (κ1) is 14.1. The van der Waals surface area contributed by atoms with Gasteiger partial charge in [0.15, 0.2) is 0 Å². The van der Waals surface area contributed by atoms with Gasteiger partial charge in [0.25, 0.3) is 0 Å². The monoisotopic (exact) mass is 291 g/mol. The summed E-state index contributed by atoms with van der Waals surface area (Å²) in [5.41, 5.74) is 1.000. The SMILES string of the molecule is CC1CCCN(Cc2c(C(=O)O)oc3ccc(F)cc23)C1. The van der Waals surface area contributed by atoms with Crippen LogP contribution in [0.4, 0.5) is 4.39 Å². The molecule has 1 saturated heterocycles. The number of benzene rings is 1. The van der Waals surface area contributed by atoms with Crippen molar-refractivity contribution in [3.05, 3.63) is 35.3 Å². The topological polar surface area (TPSA) is 53.7 Å². The minimum absolute atomic E-state index is 0.0752. The first-order valence-corrected chi connectivity index (χ1v) is 7.21. The summed E-state index contributed by atoms with van der Waals surface area (Å²) >= 11 is 0. The van der Waals surface area contributed by atoms with Crippen molar-refractivity contribution < 1.29 is 18.7 Å². The molecule has 0 spiro atoms. The van der Waals surface area contributed by atoms with E-state index in [1.54, 1.807) is 0 Å². The molecule has 1 atom stereocenters. The molecule has 1 unspecified atom stereocenters. The van der Waals surface area contributed by atoms with Crippen molar-refractivity contribution in [2.24, 2.45) is 5.92 Å². The van der Waals surface area contributed by atoms with Crippen LogP contribution in [0, 0.1) is 11.7 Å². The highest BCUT2D eigenvalue weighted by molar-refractivity contribution is 5.95. The molecule has 1 N–H and O–H groups in total. The van der Waals surface area contributed by atoms with Crippen molar-refractivity contribution in [3.63, 3.8) is 0 Å². The van der Waals surface area contributed by atoms with E-state index in [9.17, 15) is 14.3 Å². The molecule has 0 bridgehead atoms. The number of rotatable bonds is 3. The summed E-state index contributed by atoms with van der Waals surface area (Å²) in [5, 5.41) is 9.87. The standard InChI is InChI=1S/C16H18FNO3/c1-10-3-2-6-18(8-10)9-13-12-7-11(17)4-5-14(12)21-15(13)16(19)20/h4-5,7,10H,2-3,6,8-9H2,1H3,(H,19,20). The Hall–Kier alpha value is -1.88. The predicted octanol–water partition coefficient (Wildman–Crippen LogP) is 3.50. The van der Waals surface area contributed by atoms with E-state index in [1.807, 2.05) is 0 Å². The molecule has 0 aliphatic carbocycles. The number of halogens is 1. The van der Waals surface area contributed by atoms with E-state index in [0.29, 0.717) is 29.0 Å². The van der Waals surface area contributed by atoms with Gasteiger partial charge in [-0.3, -0.25) is 4.90 Å². The van der Waals surface area contributed by atoms with E-state index in [2.05, 4.69) is 11.8 Å². The summed E-state index contributed by atoms with van der Waals surface area (Å²) in [7, 11) is 0. The van der Waals surface area contributed by atoms with Crippen LogP contribution < -0.4 is 0 Å². The number of hydrogen-bond donors (Lipinski definition) is 1. The summed E-state index contributed by atoms with van der Waals surface area (Å²) < 4.78 is 18.9. The molecule has 1 aliphatic rings. The van der Waals surface area contributed by atoms with Crippen molar-refractivity contribution in [3.8, 4) is 0 Å². The molecule has 1 aromatic heterocycles. The van der Waals surface area contributed by atoms with Gasteiger partial charge in [0, 0.05) is 24.0 Å². The quantitative estimate of drug-likeness (QED) is 0.940. The zero-order valence-electron chi connectivity index (χ0n) is 11.9. The molecule has 0 radical (unpaired) electrons. The van der Waals surface area contributed by atoms with Crippen LogP contribution in [0.25, 0.3) is 11.0 Å². The molecule has 1 fully saturated rings. The maximum atomic E-state index is 13.5. The highest BCUT2D eigenvalue weighted by atomic mass is 19.1. The number of carboxylic acid groups (broad SMARTS) is 1. The van der Waals surface area contributed by atoms with Gasteiger partial charge < -0.3 is 9.52 Å². The Labute approximate surface area is 122 Å². The lowest BCUT2D eigenvalue weighted by molar-refractivity contribution is 0.0660. The van der Waals surface area contributed by atoms with Crippen LogP contribution in [0.3, 0.4) is 0 Å². The van der Waals surface area contributed by atoms with Gasteiger partial charge in [-0.05, 0) is 43.5 Å². The fourth-order valence-electron chi connectivity index (χ4n) is 3.10. The number of carbonyl (C=O) groups is 1. The minimum Gasteiger partial charge on any atom is -0.475 e. The van der Waals surface area contributed by atoms with Gasteiger partial charge >= 0.3 is 5.97 Å². The Morgan fingerprint density at radius 2 is 2.33 bits per heavy atom. The molecule has 3 rings (SSSR count). The summed E-state index contributed by atoms with van der Waals surface area (Å²) in [6, 6.07) is 4.12. The van der Waals surface area contributed by atoms with Gasteiger partial charge in [-0.2, -0.15) is 0 Å². The van der Waals surface area contributed by atoms with Crippen molar-refractivity contribution in [1.82, 2.24) is 4.90 Å². The zero-order chi connectivity index (χ0) is 15.0. The van der Waals surface area contributed by atoms with Gasteiger partial charge in [0.05, 0.1) is 0 Å². The van der Waals surface area contributed by atoms with Crippen LogP contribution in [0.2, 0.25) is 0 Å². The number of piperidine rings is 1. The smallest absolute Gasteiger partial charge is 0.372 e. The highest BCUT2D eigenvalue weighted by Crippen LogP contribution is 2.29. The van der Waals surface area contributed by atoms with Gasteiger partial charge in [-0.1, -0.05) is 6.92 Å². The van der Waals surface area contributed by atoms with E-state index in [1.165, 1.54) is 24.6 Å². The Morgan fingerprint density at radius 3 is 3.05 bits per heavy atom. The summed E-state index contributed by atoms with van der Waals surface area (Å²) in [6.45, 7) is 4.55. The maximum absolute atomic E-state index is 13.5. The second-order valence-electron chi connectivity index (χ2n) is 5.84. The largest absolute Gasteiger partial charge is 0.475 e. The van der Waals surface area contributed by atoms with E-state index < -0.39 is 5.97 Å². The molecule has 1 aliphatic heterocycles. The summed E-state index contributed by atoms with van der Waals surface area (Å²) in [4.78, 5) is 13.6. The normalized spacial score (nSPS) is 20.0. The molecule has 4 nitrogen and oxygen atoms in total. The third kappa shape index (κ3) is 2.78. The van der Waals surface area contributed by atoms with E-state index in [0.717, 1.165) is 19.5 Å². The molecular weight excluding hydrogens is 273 g/mol. The van der Waals surface area contributed by atoms with E-state index >= 15 is 0 Å². The van der Waals surface area contributed by atoms with Gasteiger partial charge in [-0.15, -0.1) is 0 Å². The second-order valence-corrected chi connectivity index (χ2v) is 5.84. The molecular formula is C16H18FNO3. The van der Waals surface area contributed by atoms with Gasteiger partial charge in [-0.25, -0.2) is 9.18 Å². The summed E-state index contributed by atoms with van der Waals surface area (Å²) in [5.74, 6) is -0.962.